The second-order valence-electron chi connectivity index (χ2n) is 7.31. The smallest absolute Gasteiger partial charge is 0.0507 e. The van der Waals surface area contributed by atoms with Crippen LogP contribution in [0, 0.1) is 5.82 Å². The van der Waals surface area contributed by atoms with Crippen LogP contribution in [0.4, 0.5) is 10.1 Å². The van der Waals surface area contributed by atoms with E-state index in [1.807, 2.05) is 54.6 Å². The number of anilines is 1. The van der Waals surface area contributed by atoms with E-state index in [4.69, 9.17) is 14.6 Å². The average molecular weight is 487 g/mol. The first-order chi connectivity index (χ1) is 16.2. The van der Waals surface area contributed by atoms with E-state index in [0.29, 0.717) is 15.6 Å². The summed E-state index contributed by atoms with van der Waals surface area (Å²) in [5.74, 6) is -0.858. The molecule has 1 heterocycles. The summed E-state index contributed by atoms with van der Waals surface area (Å²) in [4.78, 5) is 25.7. The third-order valence-corrected chi connectivity index (χ3v) is 6.20. The topological polar surface area (TPSA) is 88.0 Å². The summed E-state index contributed by atoms with van der Waals surface area (Å²) in [6.45, 7) is 1.08. The Labute approximate surface area is 218 Å². The minimum absolute atomic E-state index is 0.347. The molecule has 1 amide bonds. The molecule has 3 aromatic carbocycles. The minimum atomic E-state index is -0.833. The predicted molar refractivity (Wildman–Crippen MR) is 135 cm³/mol. The van der Waals surface area contributed by atoms with Crippen molar-refractivity contribution in [1.82, 2.24) is 0 Å². The minimum Gasteiger partial charge on any atom is -0.0507 e. The number of rotatable bonds is 4. The van der Waals surface area contributed by atoms with Gasteiger partial charge in [-0.25, -0.2) is 0 Å². The molecule has 0 bridgehead atoms. The molecule has 6 nitrogen and oxygen atoms in total. The summed E-state index contributed by atoms with van der Waals surface area (Å²) in [5, 5.41) is 11.0. The summed E-state index contributed by atoms with van der Waals surface area (Å²) in [6, 6.07) is 20.4. The zero-order valence-corrected chi connectivity index (χ0v) is 21.7. The Balaban J connectivity index is 0.000000751. The summed E-state index contributed by atoms with van der Waals surface area (Å²) < 4.78 is 21.1. The summed E-state index contributed by atoms with van der Waals surface area (Å²) in [6.07, 6.45) is 1.54. The van der Waals surface area contributed by atoms with Gasteiger partial charge in [-0.3, -0.25) is 4.79 Å². The molecule has 2 N–H and O–H groups in total. The van der Waals surface area contributed by atoms with Gasteiger partial charge in [-0.05, 0) is 23.3 Å². The zero-order chi connectivity index (χ0) is 24.7. The van der Waals surface area contributed by atoms with Gasteiger partial charge in [0.05, 0.1) is 7.11 Å². The van der Waals surface area contributed by atoms with Crippen LogP contribution in [0.1, 0.15) is 12.5 Å². The fourth-order valence-electron chi connectivity index (χ4n) is 2.97. The van der Waals surface area contributed by atoms with E-state index in [2.05, 4.69) is 10.3 Å². The molecule has 0 aliphatic carbocycles. The van der Waals surface area contributed by atoms with Gasteiger partial charge in [0.15, 0.2) is 0 Å². The van der Waals surface area contributed by atoms with Crippen LogP contribution in [-0.4, -0.2) is 57.2 Å². The van der Waals surface area contributed by atoms with Crippen molar-refractivity contribution >= 4 is 71.3 Å². The van der Waals surface area contributed by atoms with Crippen molar-refractivity contribution in [1.29, 1.82) is 0 Å². The van der Waals surface area contributed by atoms with Crippen LogP contribution >= 0.6 is 11.8 Å². The van der Waals surface area contributed by atoms with Crippen molar-refractivity contribution in [2.24, 2.45) is 4.99 Å². The third-order valence-electron chi connectivity index (χ3n) is 4.63. The summed E-state index contributed by atoms with van der Waals surface area (Å²) in [5.41, 5.74) is 2.85. The maximum atomic E-state index is 14.7. The van der Waals surface area contributed by atoms with Gasteiger partial charge in [0.25, 0.3) is 5.97 Å². The molecular formula is C25H20FN2NaO4S. The normalized spacial score (nSPS) is 13.7. The first-order valence-corrected chi connectivity index (χ1v) is 12.1. The van der Waals surface area contributed by atoms with Crippen molar-refractivity contribution in [3.8, 4) is 16.9 Å². The van der Waals surface area contributed by atoms with Gasteiger partial charge in [0, 0.05) is 6.92 Å². The van der Waals surface area contributed by atoms with E-state index in [-0.39, 0.29) is 5.91 Å². The van der Waals surface area contributed by atoms with E-state index >= 15 is 0 Å². The number of hydrogen-bond donors (Lipinski definition) is 2. The molecular weight excluding hydrogens is 466 g/mol. The molecule has 0 saturated carbocycles. The van der Waals surface area contributed by atoms with Gasteiger partial charge in [-0.2, -0.15) is 0 Å². The fraction of sp³-hybridized carbons (Fsp3) is 0.0800. The monoisotopic (exact) mass is 486 g/mol. The van der Waals surface area contributed by atoms with Crippen molar-refractivity contribution in [3.63, 3.8) is 0 Å². The van der Waals surface area contributed by atoms with E-state index in [1.165, 1.54) is 20.6 Å². The first kappa shape index (κ1) is 25.7. The number of aliphatic carboxylic acids is 1. The molecule has 9 heteroatoms. The van der Waals surface area contributed by atoms with Crippen LogP contribution in [0.5, 0.6) is 5.75 Å². The van der Waals surface area contributed by atoms with E-state index in [1.54, 1.807) is 19.3 Å². The number of ether oxygens (including phenoxy) is 1. The number of thioether (sulfide) groups is 1. The number of halogens is 1. The van der Waals surface area contributed by atoms with Gasteiger partial charge in [0.2, 0.25) is 0 Å². The molecule has 4 rings (SSSR count). The Morgan fingerprint density at radius 3 is 2.29 bits per heavy atom. The van der Waals surface area contributed by atoms with Crippen LogP contribution in [0.25, 0.3) is 17.2 Å². The quantitative estimate of drug-likeness (QED) is 0.418. The van der Waals surface area contributed by atoms with E-state index in [0.717, 1.165) is 57.4 Å². The third kappa shape index (κ3) is 7.30. The number of methoxy groups -OCH3 is 1. The second-order valence-corrected chi connectivity index (χ2v) is 9.49. The Morgan fingerprint density at radius 2 is 1.71 bits per heavy atom. The molecule has 168 valence electrons. The molecule has 0 saturated heterocycles. The fourth-order valence-corrected chi connectivity index (χ4v) is 4.13. The van der Waals surface area contributed by atoms with Gasteiger partial charge in [-0.1, -0.05) is 12.1 Å². The standard InChI is InChI=1S/C23H16FN2O2S.C2H4O2.Na/c1-28-19-11-9-15(10-12-19)16-7-8-17(20(24)13-16)14-21-22(27)26-23(29-21)25-18-5-3-2-4-6-18;1-2(3)4;/h3-14H,1H3,(H,25,26,27);1H3,(H,3,4);. The molecule has 0 fully saturated rings. The number of hydrogen-bond acceptors (Lipinski definition) is 5. The maximum absolute atomic E-state index is 14.7. The Morgan fingerprint density at radius 1 is 1.09 bits per heavy atom. The molecule has 0 aromatic heterocycles. The van der Waals surface area contributed by atoms with Crippen LogP contribution in [0.3, 0.4) is 0 Å². The summed E-state index contributed by atoms with van der Waals surface area (Å²) in [7, 11) is 1.60. The molecule has 0 spiro atoms. The molecule has 0 atom stereocenters. The molecule has 34 heavy (non-hydrogen) atoms. The predicted octanol–water partition coefficient (Wildman–Crippen LogP) is 4.47. The van der Waals surface area contributed by atoms with E-state index < -0.39 is 11.8 Å². The number of carbonyl (C=O) groups is 2. The van der Waals surface area contributed by atoms with Gasteiger partial charge < -0.3 is 9.84 Å². The summed E-state index contributed by atoms with van der Waals surface area (Å²) >= 11 is 2.19. The zero-order valence-electron chi connectivity index (χ0n) is 18.8. The van der Waals surface area contributed by atoms with Gasteiger partial charge in [-0.15, -0.1) is 0 Å². The molecule has 3 aromatic rings. The van der Waals surface area contributed by atoms with Crippen molar-refractivity contribution in [2.45, 2.75) is 6.92 Å². The second kappa shape index (κ2) is 12.0. The number of carboxylic acid groups (broad SMARTS) is 1. The number of aliphatic imine (C=N–C) groups is 1. The molecule has 1 aliphatic heterocycles. The Bertz CT molecular complexity index is 1250. The van der Waals surface area contributed by atoms with Crippen molar-refractivity contribution in [2.75, 3.05) is 12.4 Å². The SMILES string of the molecule is CC(=O)O.COc1ccc(-c2ccc(C=C3SC(Nc4cc[c]([Na])cc4)=NC3=O)c(F)c2)cc1. The van der Waals surface area contributed by atoms with Crippen LogP contribution in [0.2, 0.25) is 0 Å². The van der Waals surface area contributed by atoms with E-state index in [9.17, 15) is 9.18 Å². The molecule has 0 unspecified atom stereocenters. The van der Waals surface area contributed by atoms with Crippen LogP contribution < -0.4 is 12.9 Å². The molecule has 0 radical (unpaired) electrons. The van der Waals surface area contributed by atoms with Gasteiger partial charge >= 0.3 is 144 Å². The van der Waals surface area contributed by atoms with Crippen molar-refractivity contribution < 1.29 is 23.8 Å². The number of carboxylic acids is 1. The number of nitrogens with zero attached hydrogens (tertiary/aromatic N) is 1. The Hall–Kier alpha value is -2.91. The number of nitrogens with one attached hydrogen (secondary N) is 1. The number of benzene rings is 3. The average Bonchev–Trinajstić information content (AvgIpc) is 3.15. The van der Waals surface area contributed by atoms with Crippen molar-refractivity contribution in [3.05, 3.63) is 83.0 Å². The number of carbonyl (C=O) groups excluding carboxylic acids is 1. The number of amidine groups is 1. The van der Waals surface area contributed by atoms with Crippen LogP contribution in [0.15, 0.2) is 76.6 Å². The molecule has 1 aliphatic rings. The Kier molecular flexibility index (Phi) is 9.06. The van der Waals surface area contributed by atoms with Crippen LogP contribution in [-0.2, 0) is 9.59 Å². The van der Waals surface area contributed by atoms with Gasteiger partial charge in [0.1, 0.15) is 5.75 Å². The number of amides is 1. The first-order valence-electron chi connectivity index (χ1n) is 10.2.